The number of carboxylic acids is 1. The molecule has 11 heteroatoms. The van der Waals surface area contributed by atoms with Crippen LogP contribution in [0.25, 0.3) is 11.1 Å². The fraction of sp³-hybridized carbons (Fsp3) is 0.286. The van der Waals surface area contributed by atoms with E-state index in [9.17, 15) is 24.3 Å². The number of carbonyl (C=O) groups excluding carboxylic acids is 2. The standard InChI is InChI=1S/C28H28FN3O7/c1-4-31(5-2)27(38)32-20-15-39-28(3,18-12-11-17(13-19(18)29)16-9-7-6-8-10-16)23(20)24(35)22(26(32)37)25(36)30-14-21(33)34/h6-13,35H,4-5,14-15H2,1-3H3,(H,30,36)(H,33,34). The van der Waals surface area contributed by atoms with Gasteiger partial charge in [0.15, 0.2) is 0 Å². The van der Waals surface area contributed by atoms with Crippen molar-refractivity contribution >= 4 is 17.9 Å². The van der Waals surface area contributed by atoms with Crippen LogP contribution in [0, 0.1) is 5.82 Å². The summed E-state index contributed by atoms with van der Waals surface area (Å²) in [6.07, 6.45) is 0. The van der Waals surface area contributed by atoms with E-state index >= 15 is 4.39 Å². The second-order valence-corrected chi connectivity index (χ2v) is 9.10. The van der Waals surface area contributed by atoms with Gasteiger partial charge in [-0.2, -0.15) is 0 Å². The molecule has 39 heavy (non-hydrogen) atoms. The van der Waals surface area contributed by atoms with E-state index in [4.69, 9.17) is 9.84 Å². The highest BCUT2D eigenvalue weighted by atomic mass is 19.1. The first-order valence-electron chi connectivity index (χ1n) is 12.3. The van der Waals surface area contributed by atoms with Gasteiger partial charge in [0, 0.05) is 18.7 Å². The van der Waals surface area contributed by atoms with Gasteiger partial charge in [0.25, 0.3) is 11.5 Å². The Balaban J connectivity index is 1.94. The van der Waals surface area contributed by atoms with Crippen LogP contribution in [-0.4, -0.2) is 57.2 Å². The molecular formula is C28H28FN3O7. The van der Waals surface area contributed by atoms with Crippen molar-refractivity contribution in [2.24, 2.45) is 0 Å². The number of aliphatic carboxylic acids is 1. The number of amides is 2. The molecule has 0 saturated heterocycles. The number of carbonyl (C=O) groups is 3. The van der Waals surface area contributed by atoms with E-state index in [1.807, 2.05) is 35.6 Å². The van der Waals surface area contributed by atoms with E-state index in [1.165, 1.54) is 24.0 Å². The van der Waals surface area contributed by atoms with Gasteiger partial charge in [-0.05, 0) is 38.0 Å². The molecule has 1 aromatic heterocycles. The second-order valence-electron chi connectivity index (χ2n) is 9.10. The third-order valence-electron chi connectivity index (χ3n) is 6.87. The maximum absolute atomic E-state index is 15.7. The van der Waals surface area contributed by atoms with Crippen LogP contribution in [-0.2, 0) is 21.7 Å². The number of aromatic nitrogens is 1. The Kier molecular flexibility index (Phi) is 7.55. The second kappa shape index (κ2) is 10.7. The number of fused-ring (bicyclic) bond motifs is 1. The number of hydrogen-bond donors (Lipinski definition) is 3. The van der Waals surface area contributed by atoms with Crippen LogP contribution in [0.1, 0.15) is 48.0 Å². The third kappa shape index (κ3) is 4.76. The molecule has 1 atom stereocenters. The molecular weight excluding hydrogens is 509 g/mol. The van der Waals surface area contributed by atoms with E-state index in [2.05, 4.69) is 0 Å². The van der Waals surface area contributed by atoms with E-state index in [-0.39, 0.29) is 36.5 Å². The molecule has 1 unspecified atom stereocenters. The van der Waals surface area contributed by atoms with Crippen LogP contribution < -0.4 is 10.9 Å². The quantitative estimate of drug-likeness (QED) is 0.421. The molecule has 0 bridgehead atoms. The van der Waals surface area contributed by atoms with Crippen molar-refractivity contribution in [2.45, 2.75) is 33.0 Å². The SMILES string of the molecule is CCN(CC)C(=O)n1c2c(c(O)c(C(=O)NCC(=O)O)c1=O)C(C)(c1ccc(-c3ccccc3)cc1F)OC2. The molecule has 0 fully saturated rings. The molecule has 2 amide bonds. The Morgan fingerprint density at radius 1 is 1.10 bits per heavy atom. The Bertz CT molecular complexity index is 1520. The zero-order valence-electron chi connectivity index (χ0n) is 21.7. The summed E-state index contributed by atoms with van der Waals surface area (Å²) in [4.78, 5) is 52.1. The molecule has 0 spiro atoms. The maximum atomic E-state index is 15.7. The van der Waals surface area contributed by atoms with Crippen LogP contribution in [0.2, 0.25) is 0 Å². The summed E-state index contributed by atoms with van der Waals surface area (Å²) < 4.78 is 22.4. The minimum absolute atomic E-state index is 0.00797. The average molecular weight is 538 g/mol. The molecule has 2 aromatic carbocycles. The van der Waals surface area contributed by atoms with Gasteiger partial charge in [-0.3, -0.25) is 14.4 Å². The van der Waals surface area contributed by atoms with Crippen molar-refractivity contribution in [2.75, 3.05) is 19.6 Å². The van der Waals surface area contributed by atoms with Gasteiger partial charge < -0.3 is 25.2 Å². The summed E-state index contributed by atoms with van der Waals surface area (Å²) in [5, 5.41) is 22.3. The molecule has 4 rings (SSSR count). The largest absolute Gasteiger partial charge is 0.506 e. The van der Waals surface area contributed by atoms with Crippen LogP contribution in [0.3, 0.4) is 0 Å². The van der Waals surface area contributed by atoms with E-state index in [0.29, 0.717) is 5.56 Å². The number of aromatic hydroxyl groups is 1. The predicted octanol–water partition coefficient (Wildman–Crippen LogP) is 3.28. The van der Waals surface area contributed by atoms with Gasteiger partial charge in [0.2, 0.25) is 0 Å². The van der Waals surface area contributed by atoms with E-state index in [1.54, 1.807) is 19.9 Å². The van der Waals surface area contributed by atoms with Gasteiger partial charge in [0.1, 0.15) is 29.3 Å². The van der Waals surface area contributed by atoms with Crippen LogP contribution >= 0.6 is 0 Å². The fourth-order valence-electron chi connectivity index (χ4n) is 4.84. The minimum Gasteiger partial charge on any atom is -0.506 e. The van der Waals surface area contributed by atoms with Crippen molar-refractivity contribution in [1.29, 1.82) is 0 Å². The average Bonchev–Trinajstić information content (AvgIpc) is 3.26. The summed E-state index contributed by atoms with van der Waals surface area (Å²) in [7, 11) is 0. The highest BCUT2D eigenvalue weighted by molar-refractivity contribution is 5.99. The van der Waals surface area contributed by atoms with Gasteiger partial charge in [-0.1, -0.05) is 42.5 Å². The lowest BCUT2D eigenvalue weighted by molar-refractivity contribution is -0.135. The summed E-state index contributed by atoms with van der Waals surface area (Å²) in [5.41, 5.74) is -2.45. The van der Waals surface area contributed by atoms with Gasteiger partial charge in [-0.25, -0.2) is 13.8 Å². The number of halogens is 1. The summed E-state index contributed by atoms with van der Waals surface area (Å²) in [6.45, 7) is 4.20. The Morgan fingerprint density at radius 2 is 1.77 bits per heavy atom. The molecule has 2 heterocycles. The number of carboxylic acid groups (broad SMARTS) is 1. The normalized spacial score (nSPS) is 16.0. The Hall–Kier alpha value is -4.51. The van der Waals surface area contributed by atoms with E-state index in [0.717, 1.165) is 10.1 Å². The predicted molar refractivity (Wildman–Crippen MR) is 139 cm³/mol. The van der Waals surface area contributed by atoms with Gasteiger partial charge in [-0.15, -0.1) is 0 Å². The number of rotatable bonds is 7. The molecule has 1 aliphatic rings. The lowest BCUT2D eigenvalue weighted by Gasteiger charge is -2.28. The first-order chi connectivity index (χ1) is 18.5. The number of hydrogen-bond acceptors (Lipinski definition) is 6. The smallest absolute Gasteiger partial charge is 0.331 e. The maximum Gasteiger partial charge on any atom is 0.331 e. The van der Waals surface area contributed by atoms with Crippen molar-refractivity contribution in [1.82, 2.24) is 14.8 Å². The monoisotopic (exact) mass is 537 g/mol. The number of nitrogens with zero attached hydrogens (tertiary/aromatic N) is 2. The van der Waals surface area contributed by atoms with Crippen molar-refractivity contribution < 1.29 is 33.7 Å². The minimum atomic E-state index is -1.69. The van der Waals surface area contributed by atoms with Crippen LogP contribution in [0.15, 0.2) is 53.3 Å². The number of benzene rings is 2. The first-order valence-corrected chi connectivity index (χ1v) is 12.3. The molecule has 0 saturated carbocycles. The number of nitrogens with one attached hydrogen (secondary N) is 1. The van der Waals surface area contributed by atoms with Crippen molar-refractivity contribution in [3.63, 3.8) is 0 Å². The zero-order valence-corrected chi connectivity index (χ0v) is 21.7. The molecule has 0 aliphatic carbocycles. The molecule has 0 radical (unpaired) electrons. The summed E-state index contributed by atoms with van der Waals surface area (Å²) in [5.74, 6) is -4.06. The summed E-state index contributed by atoms with van der Waals surface area (Å²) in [6, 6.07) is 12.8. The van der Waals surface area contributed by atoms with Crippen molar-refractivity contribution in [3.8, 4) is 16.9 Å². The Labute approximate surface area is 223 Å². The first kappa shape index (κ1) is 27.5. The highest BCUT2D eigenvalue weighted by Crippen LogP contribution is 2.47. The molecule has 1 aliphatic heterocycles. The van der Waals surface area contributed by atoms with Gasteiger partial charge >= 0.3 is 12.0 Å². The molecule has 3 N–H and O–H groups in total. The topological polar surface area (TPSA) is 138 Å². The molecule has 3 aromatic rings. The highest BCUT2D eigenvalue weighted by Gasteiger charge is 2.46. The Morgan fingerprint density at radius 3 is 2.36 bits per heavy atom. The van der Waals surface area contributed by atoms with Crippen LogP contribution in [0.5, 0.6) is 5.75 Å². The van der Waals surface area contributed by atoms with Crippen LogP contribution in [0.4, 0.5) is 9.18 Å². The zero-order chi connectivity index (χ0) is 28.5. The fourth-order valence-corrected chi connectivity index (χ4v) is 4.84. The summed E-state index contributed by atoms with van der Waals surface area (Å²) >= 11 is 0. The number of ether oxygens (including phenoxy) is 1. The van der Waals surface area contributed by atoms with E-state index < -0.39 is 52.7 Å². The lowest BCUT2D eigenvalue weighted by atomic mass is 9.85. The molecule has 204 valence electrons. The lowest BCUT2D eigenvalue weighted by Crippen LogP contribution is -2.44. The number of pyridine rings is 1. The molecule has 10 nitrogen and oxygen atoms in total. The van der Waals surface area contributed by atoms with Gasteiger partial charge in [0.05, 0.1) is 17.9 Å². The third-order valence-corrected chi connectivity index (χ3v) is 6.87. The van der Waals surface area contributed by atoms with Crippen molar-refractivity contribution in [3.05, 3.63) is 87.1 Å².